The van der Waals surface area contributed by atoms with Crippen molar-refractivity contribution in [3.8, 4) is 0 Å². The number of nitrogens with zero attached hydrogens (tertiary/aromatic N) is 4. The summed E-state index contributed by atoms with van der Waals surface area (Å²) in [7, 11) is 2.19. The van der Waals surface area contributed by atoms with Crippen molar-refractivity contribution in [2.24, 2.45) is 0 Å². The first-order valence-corrected chi connectivity index (χ1v) is 8.01. The molecular weight excluding hydrogens is 276 g/mol. The zero-order valence-corrected chi connectivity index (χ0v) is 13.2. The van der Waals surface area contributed by atoms with Gasteiger partial charge >= 0.3 is 0 Å². The molecule has 2 atom stereocenters. The van der Waals surface area contributed by atoms with Gasteiger partial charge in [0.05, 0.1) is 24.3 Å². The van der Waals surface area contributed by atoms with Crippen LogP contribution in [-0.2, 0) is 4.74 Å². The second kappa shape index (κ2) is 5.48. The molecule has 2 fully saturated rings. The van der Waals surface area contributed by atoms with Crippen LogP contribution in [-0.4, -0.2) is 60.3 Å². The van der Waals surface area contributed by atoms with E-state index in [1.54, 1.807) is 6.33 Å². The number of rotatable bonds is 1. The molecule has 2 aromatic rings. The molecule has 2 aliphatic heterocycles. The van der Waals surface area contributed by atoms with Gasteiger partial charge in [0.25, 0.3) is 0 Å². The maximum Gasteiger partial charge on any atom is 0.140 e. The molecule has 0 saturated carbocycles. The number of aromatic nitrogens is 2. The van der Waals surface area contributed by atoms with E-state index in [-0.39, 0.29) is 0 Å². The molecule has 0 amide bonds. The number of anilines is 1. The van der Waals surface area contributed by atoms with Gasteiger partial charge in [-0.1, -0.05) is 12.1 Å². The Morgan fingerprint density at radius 2 is 2.14 bits per heavy atom. The summed E-state index contributed by atoms with van der Waals surface area (Å²) in [6, 6.07) is 6.71. The number of hydrogen-bond donors (Lipinski definition) is 0. The van der Waals surface area contributed by atoms with Crippen LogP contribution in [0.15, 0.2) is 24.5 Å². The van der Waals surface area contributed by atoms with Crippen LogP contribution in [0, 0.1) is 6.92 Å². The second-order valence-corrected chi connectivity index (χ2v) is 6.39. The van der Waals surface area contributed by atoms with Gasteiger partial charge in [-0.25, -0.2) is 9.97 Å². The summed E-state index contributed by atoms with van der Waals surface area (Å²) >= 11 is 0. The molecule has 0 spiro atoms. The van der Waals surface area contributed by atoms with Crippen molar-refractivity contribution in [1.82, 2.24) is 14.9 Å². The highest BCUT2D eigenvalue weighted by Gasteiger charge is 2.37. The fourth-order valence-corrected chi connectivity index (χ4v) is 3.74. The minimum Gasteiger partial charge on any atom is -0.374 e. The number of piperidine rings is 1. The minimum absolute atomic E-state index is 0.319. The molecule has 4 rings (SSSR count). The Morgan fingerprint density at radius 1 is 1.23 bits per heavy atom. The number of benzene rings is 1. The van der Waals surface area contributed by atoms with E-state index >= 15 is 0 Å². The normalized spacial score (nSPS) is 26.2. The Balaban J connectivity index is 1.78. The lowest BCUT2D eigenvalue weighted by Gasteiger charge is -2.47. The van der Waals surface area contributed by atoms with Gasteiger partial charge in [0, 0.05) is 25.0 Å². The molecule has 116 valence electrons. The molecular formula is C17H22N4O. The van der Waals surface area contributed by atoms with E-state index in [0.717, 1.165) is 49.4 Å². The maximum atomic E-state index is 6.01. The third kappa shape index (κ3) is 2.25. The van der Waals surface area contributed by atoms with E-state index in [4.69, 9.17) is 4.74 Å². The lowest BCUT2D eigenvalue weighted by Crippen LogP contribution is -2.59. The van der Waals surface area contributed by atoms with Crippen molar-refractivity contribution in [3.05, 3.63) is 30.1 Å². The first kappa shape index (κ1) is 13.9. The average Bonchev–Trinajstić information content (AvgIpc) is 2.54. The van der Waals surface area contributed by atoms with E-state index < -0.39 is 0 Å². The van der Waals surface area contributed by atoms with Crippen molar-refractivity contribution in [1.29, 1.82) is 0 Å². The van der Waals surface area contributed by atoms with Gasteiger partial charge in [0.2, 0.25) is 0 Å². The predicted octanol–water partition coefficient (Wildman–Crippen LogP) is 1.85. The molecule has 0 aliphatic carbocycles. The van der Waals surface area contributed by atoms with Crippen molar-refractivity contribution in [2.75, 3.05) is 38.2 Å². The topological polar surface area (TPSA) is 41.5 Å². The minimum atomic E-state index is 0.319. The molecule has 1 aromatic heterocycles. The van der Waals surface area contributed by atoms with E-state index in [1.165, 1.54) is 5.56 Å². The molecule has 2 aliphatic rings. The highest BCUT2D eigenvalue weighted by molar-refractivity contribution is 5.91. The van der Waals surface area contributed by atoms with Gasteiger partial charge in [-0.15, -0.1) is 0 Å². The zero-order chi connectivity index (χ0) is 15.1. The van der Waals surface area contributed by atoms with Crippen LogP contribution in [0.25, 0.3) is 10.9 Å². The number of hydrogen-bond acceptors (Lipinski definition) is 5. The Bertz CT molecular complexity index is 689. The molecule has 1 aromatic carbocycles. The van der Waals surface area contributed by atoms with E-state index in [9.17, 15) is 0 Å². The first-order valence-electron chi connectivity index (χ1n) is 8.01. The largest absolute Gasteiger partial charge is 0.374 e. The third-order valence-electron chi connectivity index (χ3n) is 4.91. The SMILES string of the molecule is Cc1cccc2c(N3CCO[C@H]4CCN(C)C[C@@H]43)ncnc12. The van der Waals surface area contributed by atoms with Gasteiger partial charge in [0.15, 0.2) is 0 Å². The van der Waals surface area contributed by atoms with Crippen molar-refractivity contribution >= 4 is 16.7 Å². The van der Waals surface area contributed by atoms with Crippen LogP contribution in [0.4, 0.5) is 5.82 Å². The standard InChI is InChI=1S/C17H22N4O/c1-12-4-3-5-13-16(12)18-11-19-17(13)21-8-9-22-15-6-7-20(2)10-14(15)21/h3-5,11,14-15H,6-10H2,1-2H3/t14-,15-/m0/s1. The summed E-state index contributed by atoms with van der Waals surface area (Å²) in [6.45, 7) is 5.92. The van der Waals surface area contributed by atoms with Crippen molar-refractivity contribution in [3.63, 3.8) is 0 Å². The Morgan fingerprint density at radius 3 is 3.05 bits per heavy atom. The number of ether oxygens (including phenoxy) is 1. The highest BCUT2D eigenvalue weighted by Crippen LogP contribution is 2.31. The van der Waals surface area contributed by atoms with Gasteiger partial charge in [0.1, 0.15) is 12.1 Å². The molecule has 0 bridgehead atoms. The average molecular weight is 298 g/mol. The second-order valence-electron chi connectivity index (χ2n) is 6.39. The van der Waals surface area contributed by atoms with Crippen LogP contribution >= 0.6 is 0 Å². The number of fused-ring (bicyclic) bond motifs is 2. The fraction of sp³-hybridized carbons (Fsp3) is 0.529. The Kier molecular flexibility index (Phi) is 3.47. The Labute approximate surface area is 130 Å². The van der Waals surface area contributed by atoms with Crippen LogP contribution in [0.3, 0.4) is 0 Å². The maximum absolute atomic E-state index is 6.01. The van der Waals surface area contributed by atoms with Crippen molar-refractivity contribution in [2.45, 2.75) is 25.5 Å². The third-order valence-corrected chi connectivity index (χ3v) is 4.91. The van der Waals surface area contributed by atoms with Gasteiger partial charge in [-0.3, -0.25) is 0 Å². The number of likely N-dealkylation sites (tertiary alicyclic amines) is 1. The summed E-state index contributed by atoms with van der Waals surface area (Å²) in [5.41, 5.74) is 2.26. The monoisotopic (exact) mass is 298 g/mol. The van der Waals surface area contributed by atoms with Gasteiger partial charge in [-0.2, -0.15) is 0 Å². The van der Waals surface area contributed by atoms with Crippen molar-refractivity contribution < 1.29 is 4.74 Å². The molecule has 5 nitrogen and oxygen atoms in total. The van der Waals surface area contributed by atoms with E-state index in [0.29, 0.717) is 12.1 Å². The summed E-state index contributed by atoms with van der Waals surface area (Å²) < 4.78 is 6.01. The number of likely N-dealkylation sites (N-methyl/N-ethyl adjacent to an activating group) is 1. The molecule has 0 radical (unpaired) electrons. The number of para-hydroxylation sites is 1. The zero-order valence-electron chi connectivity index (χ0n) is 13.2. The molecule has 3 heterocycles. The van der Waals surface area contributed by atoms with E-state index in [2.05, 4.69) is 51.9 Å². The van der Waals surface area contributed by atoms with Crippen LogP contribution < -0.4 is 4.90 Å². The highest BCUT2D eigenvalue weighted by atomic mass is 16.5. The molecule has 2 saturated heterocycles. The van der Waals surface area contributed by atoms with Gasteiger partial charge in [-0.05, 0) is 32.0 Å². The fourth-order valence-electron chi connectivity index (χ4n) is 3.74. The summed E-state index contributed by atoms with van der Waals surface area (Å²) in [5, 5.41) is 1.15. The lowest BCUT2D eigenvalue weighted by molar-refractivity contribution is -0.0244. The summed E-state index contributed by atoms with van der Waals surface area (Å²) in [6.07, 6.45) is 3.11. The van der Waals surface area contributed by atoms with Crippen LogP contribution in [0.5, 0.6) is 0 Å². The summed E-state index contributed by atoms with van der Waals surface area (Å²) in [5.74, 6) is 1.06. The predicted molar refractivity (Wildman–Crippen MR) is 87.3 cm³/mol. The van der Waals surface area contributed by atoms with Crippen LogP contribution in [0.1, 0.15) is 12.0 Å². The lowest BCUT2D eigenvalue weighted by atomic mass is 9.98. The molecule has 0 unspecified atom stereocenters. The van der Waals surface area contributed by atoms with E-state index in [1.807, 2.05) is 0 Å². The van der Waals surface area contributed by atoms with Gasteiger partial charge < -0.3 is 14.5 Å². The molecule has 5 heteroatoms. The smallest absolute Gasteiger partial charge is 0.140 e. The number of morpholine rings is 1. The quantitative estimate of drug-likeness (QED) is 0.803. The molecule has 22 heavy (non-hydrogen) atoms. The number of aryl methyl sites for hydroxylation is 1. The van der Waals surface area contributed by atoms with Crippen LogP contribution in [0.2, 0.25) is 0 Å². The molecule has 0 N–H and O–H groups in total. The Hall–Kier alpha value is -1.72. The summed E-state index contributed by atoms with van der Waals surface area (Å²) in [4.78, 5) is 13.9. The first-order chi connectivity index (χ1) is 10.7.